The second-order valence-corrected chi connectivity index (χ2v) is 6.55. The molecule has 0 bridgehead atoms. The highest BCUT2D eigenvalue weighted by Gasteiger charge is 2.31. The third kappa shape index (κ3) is 2.55. The summed E-state index contributed by atoms with van der Waals surface area (Å²) >= 11 is 1.99. The van der Waals surface area contributed by atoms with Crippen molar-refractivity contribution in [1.29, 1.82) is 0 Å². The molecular weight excluding hydrogens is 228 g/mol. The van der Waals surface area contributed by atoms with Gasteiger partial charge in [-0.05, 0) is 38.6 Å². The largest absolute Gasteiger partial charge is 0.312 e. The lowest BCUT2D eigenvalue weighted by atomic mass is 9.86. The Bertz CT molecular complexity index is 378. The average molecular weight is 250 g/mol. The molecule has 1 N–H and O–H groups in total. The molecule has 17 heavy (non-hydrogen) atoms. The number of rotatable bonds is 6. The highest BCUT2D eigenvalue weighted by Crippen LogP contribution is 2.46. The first-order chi connectivity index (χ1) is 8.38. The second-order valence-electron chi connectivity index (χ2n) is 5.44. The lowest BCUT2D eigenvalue weighted by Gasteiger charge is -2.22. The molecule has 0 saturated heterocycles. The predicted molar refractivity (Wildman–Crippen MR) is 72.7 cm³/mol. The minimum Gasteiger partial charge on any atom is -0.312 e. The topological polar surface area (TPSA) is 24.9 Å². The fourth-order valence-electron chi connectivity index (χ4n) is 2.39. The number of nitrogens with one attached hydrogen (secondary N) is 1. The average Bonchev–Trinajstić information content (AvgIpc) is 3.00. The molecule has 2 nitrogen and oxygen atoms in total. The summed E-state index contributed by atoms with van der Waals surface area (Å²) in [6.07, 6.45) is 8.11. The van der Waals surface area contributed by atoms with Crippen LogP contribution in [-0.4, -0.2) is 11.5 Å². The first-order valence-electron chi connectivity index (χ1n) is 7.08. The Labute approximate surface area is 108 Å². The van der Waals surface area contributed by atoms with Crippen molar-refractivity contribution in [1.82, 2.24) is 10.3 Å². The summed E-state index contributed by atoms with van der Waals surface area (Å²) in [5.74, 6) is 1.61. The van der Waals surface area contributed by atoms with Gasteiger partial charge in [0.15, 0.2) is 0 Å². The number of thiazole rings is 1. The quantitative estimate of drug-likeness (QED) is 0.777. The smallest absolute Gasteiger partial charge is 0.0962 e. The van der Waals surface area contributed by atoms with Gasteiger partial charge in [-0.15, -0.1) is 11.3 Å². The Morgan fingerprint density at radius 1 is 1.24 bits per heavy atom. The normalized spacial score (nSPS) is 20.5. The van der Waals surface area contributed by atoms with E-state index in [1.165, 1.54) is 54.1 Å². The summed E-state index contributed by atoms with van der Waals surface area (Å²) in [6.45, 7) is 4.39. The van der Waals surface area contributed by atoms with Crippen molar-refractivity contribution in [3.05, 3.63) is 15.6 Å². The van der Waals surface area contributed by atoms with Gasteiger partial charge in [-0.2, -0.15) is 0 Å². The summed E-state index contributed by atoms with van der Waals surface area (Å²) in [7, 11) is 0. The molecule has 1 heterocycles. The van der Waals surface area contributed by atoms with Crippen LogP contribution in [0.25, 0.3) is 0 Å². The molecule has 3 rings (SSSR count). The molecule has 0 amide bonds. The Morgan fingerprint density at radius 3 is 2.65 bits per heavy atom. The van der Waals surface area contributed by atoms with Crippen molar-refractivity contribution in [3.8, 4) is 0 Å². The number of hydrogen-bond acceptors (Lipinski definition) is 3. The van der Waals surface area contributed by atoms with Crippen LogP contribution in [0.4, 0.5) is 0 Å². The van der Waals surface area contributed by atoms with Crippen LogP contribution in [0.3, 0.4) is 0 Å². The van der Waals surface area contributed by atoms with Gasteiger partial charge < -0.3 is 5.32 Å². The van der Waals surface area contributed by atoms with Gasteiger partial charge >= 0.3 is 0 Å². The summed E-state index contributed by atoms with van der Waals surface area (Å²) in [5.41, 5.74) is 1.44. The van der Waals surface area contributed by atoms with E-state index in [0.717, 1.165) is 24.9 Å². The van der Waals surface area contributed by atoms with E-state index in [1.54, 1.807) is 0 Å². The molecule has 2 aliphatic carbocycles. The van der Waals surface area contributed by atoms with Gasteiger partial charge in [-0.1, -0.05) is 13.3 Å². The second kappa shape index (κ2) is 5.07. The van der Waals surface area contributed by atoms with Crippen molar-refractivity contribution in [3.63, 3.8) is 0 Å². The standard InChI is InChI=1S/C14H22N2S/c1-2-8-15-9-12-13(10-6-7-10)16-14(17-12)11-4-3-5-11/h10-11,15H,2-9H2,1H3. The predicted octanol–water partition coefficient (Wildman–Crippen LogP) is 3.79. The number of aromatic nitrogens is 1. The fraction of sp³-hybridized carbons (Fsp3) is 0.786. The third-order valence-electron chi connectivity index (χ3n) is 3.87. The molecular formula is C14H22N2S. The minimum atomic E-state index is 0.803. The van der Waals surface area contributed by atoms with Crippen molar-refractivity contribution >= 4 is 11.3 Å². The monoisotopic (exact) mass is 250 g/mol. The zero-order valence-electron chi connectivity index (χ0n) is 10.7. The molecule has 2 aliphatic rings. The molecule has 2 saturated carbocycles. The van der Waals surface area contributed by atoms with E-state index in [1.807, 2.05) is 11.3 Å². The van der Waals surface area contributed by atoms with Crippen LogP contribution < -0.4 is 5.32 Å². The molecule has 94 valence electrons. The van der Waals surface area contributed by atoms with E-state index in [-0.39, 0.29) is 0 Å². The summed E-state index contributed by atoms with van der Waals surface area (Å²) in [6, 6.07) is 0. The van der Waals surface area contributed by atoms with Crippen molar-refractivity contribution in [2.75, 3.05) is 6.54 Å². The molecule has 3 heteroatoms. The van der Waals surface area contributed by atoms with E-state index >= 15 is 0 Å². The molecule has 1 aromatic heterocycles. The molecule has 0 aliphatic heterocycles. The molecule has 0 spiro atoms. The highest BCUT2D eigenvalue weighted by atomic mass is 32.1. The highest BCUT2D eigenvalue weighted by molar-refractivity contribution is 7.11. The Morgan fingerprint density at radius 2 is 2.06 bits per heavy atom. The summed E-state index contributed by atoms with van der Waals surface area (Å²) in [5, 5.41) is 4.97. The molecule has 2 fully saturated rings. The van der Waals surface area contributed by atoms with Crippen molar-refractivity contribution < 1.29 is 0 Å². The molecule has 0 radical (unpaired) electrons. The molecule has 0 unspecified atom stereocenters. The van der Waals surface area contributed by atoms with Crippen LogP contribution in [-0.2, 0) is 6.54 Å². The van der Waals surface area contributed by atoms with Gasteiger partial charge in [0.2, 0.25) is 0 Å². The molecule has 0 aromatic carbocycles. The Hall–Kier alpha value is -0.410. The molecule has 1 aromatic rings. The van der Waals surface area contributed by atoms with Gasteiger partial charge in [0, 0.05) is 23.3 Å². The maximum atomic E-state index is 4.95. The first-order valence-corrected chi connectivity index (χ1v) is 7.90. The van der Waals surface area contributed by atoms with Gasteiger partial charge in [0.05, 0.1) is 10.7 Å². The van der Waals surface area contributed by atoms with Gasteiger partial charge in [0.25, 0.3) is 0 Å². The number of nitrogens with zero attached hydrogens (tertiary/aromatic N) is 1. The van der Waals surface area contributed by atoms with E-state index in [4.69, 9.17) is 4.98 Å². The van der Waals surface area contributed by atoms with E-state index < -0.39 is 0 Å². The van der Waals surface area contributed by atoms with Crippen LogP contribution in [0.5, 0.6) is 0 Å². The number of hydrogen-bond donors (Lipinski definition) is 1. The van der Waals surface area contributed by atoms with Crippen molar-refractivity contribution in [2.24, 2.45) is 0 Å². The van der Waals surface area contributed by atoms with E-state index in [9.17, 15) is 0 Å². The van der Waals surface area contributed by atoms with Crippen LogP contribution >= 0.6 is 11.3 Å². The minimum absolute atomic E-state index is 0.803. The lowest BCUT2D eigenvalue weighted by Crippen LogP contribution is -2.13. The maximum Gasteiger partial charge on any atom is 0.0962 e. The lowest BCUT2D eigenvalue weighted by molar-refractivity contribution is 0.417. The van der Waals surface area contributed by atoms with Crippen LogP contribution in [0, 0.1) is 0 Å². The fourth-order valence-corrected chi connectivity index (χ4v) is 3.68. The zero-order valence-corrected chi connectivity index (χ0v) is 11.5. The summed E-state index contributed by atoms with van der Waals surface area (Å²) < 4.78 is 0. The Balaban J connectivity index is 1.71. The van der Waals surface area contributed by atoms with E-state index in [2.05, 4.69) is 12.2 Å². The SMILES string of the molecule is CCCNCc1sc(C2CCC2)nc1C1CC1. The van der Waals surface area contributed by atoms with Crippen LogP contribution in [0.1, 0.15) is 72.9 Å². The van der Waals surface area contributed by atoms with Gasteiger partial charge in [-0.25, -0.2) is 4.98 Å². The summed E-state index contributed by atoms with van der Waals surface area (Å²) in [4.78, 5) is 6.48. The van der Waals surface area contributed by atoms with Crippen LogP contribution in [0.2, 0.25) is 0 Å². The van der Waals surface area contributed by atoms with Gasteiger partial charge in [-0.3, -0.25) is 0 Å². The van der Waals surface area contributed by atoms with Crippen molar-refractivity contribution in [2.45, 2.75) is 63.8 Å². The Kier molecular flexibility index (Phi) is 3.48. The molecule has 0 atom stereocenters. The van der Waals surface area contributed by atoms with E-state index in [0.29, 0.717) is 0 Å². The van der Waals surface area contributed by atoms with Gasteiger partial charge in [0.1, 0.15) is 0 Å². The zero-order chi connectivity index (χ0) is 11.7. The maximum absolute atomic E-state index is 4.95. The third-order valence-corrected chi connectivity index (χ3v) is 5.11. The van der Waals surface area contributed by atoms with Crippen LogP contribution in [0.15, 0.2) is 0 Å². The first kappa shape index (κ1) is 11.7.